The third-order valence-electron chi connectivity index (χ3n) is 6.23. The average Bonchev–Trinajstić information content (AvgIpc) is 3.12. The second-order valence-corrected chi connectivity index (χ2v) is 11.2. The van der Waals surface area contributed by atoms with Crippen LogP contribution in [0.25, 0.3) is 11.1 Å². The summed E-state index contributed by atoms with van der Waals surface area (Å²) in [6, 6.07) is 10.7. The molecule has 0 bridgehead atoms. The van der Waals surface area contributed by atoms with E-state index in [0.717, 1.165) is 38.8 Å². The van der Waals surface area contributed by atoms with Gasteiger partial charge < -0.3 is 14.2 Å². The standard InChI is InChI=1S/C28H29Br3O5/c1-3-25(32)35-14-6-11-28(10-5-12-34-13-7-15-36-26(33)4-2)22-16-19(29)8-9-21(22)27-23(28)17-20(30)18-24(27)31/h3-4,8-9,16-18H,1-2,5-7,10-15H2. The highest BCUT2D eigenvalue weighted by Crippen LogP contribution is 2.56. The lowest BCUT2D eigenvalue weighted by molar-refractivity contribution is -0.138. The molecule has 2 aromatic rings. The number of benzene rings is 2. The molecule has 192 valence electrons. The molecule has 0 N–H and O–H groups in total. The van der Waals surface area contributed by atoms with Crippen molar-refractivity contribution >= 4 is 59.7 Å². The zero-order valence-electron chi connectivity index (χ0n) is 20.0. The van der Waals surface area contributed by atoms with E-state index in [1.54, 1.807) is 0 Å². The third-order valence-corrected chi connectivity index (χ3v) is 7.81. The van der Waals surface area contributed by atoms with E-state index in [2.05, 4.69) is 91.3 Å². The Hall–Kier alpha value is -1.74. The maximum absolute atomic E-state index is 11.6. The minimum Gasteiger partial charge on any atom is -0.463 e. The molecule has 0 amide bonds. The number of esters is 2. The van der Waals surface area contributed by atoms with Crippen molar-refractivity contribution < 1.29 is 23.8 Å². The van der Waals surface area contributed by atoms with Crippen LogP contribution < -0.4 is 0 Å². The van der Waals surface area contributed by atoms with E-state index in [1.165, 1.54) is 28.3 Å². The zero-order valence-corrected chi connectivity index (χ0v) is 24.8. The monoisotopic (exact) mass is 682 g/mol. The van der Waals surface area contributed by atoms with Gasteiger partial charge in [-0.25, -0.2) is 9.59 Å². The Balaban J connectivity index is 1.79. The zero-order chi connectivity index (χ0) is 26.1. The van der Waals surface area contributed by atoms with Gasteiger partial charge >= 0.3 is 11.9 Å². The van der Waals surface area contributed by atoms with Crippen LogP contribution in [0.3, 0.4) is 0 Å². The second-order valence-electron chi connectivity index (χ2n) is 8.50. The predicted octanol–water partition coefficient (Wildman–Crippen LogP) is 7.67. The first kappa shape index (κ1) is 28.8. The van der Waals surface area contributed by atoms with Crippen LogP contribution in [-0.2, 0) is 29.2 Å². The smallest absolute Gasteiger partial charge is 0.330 e. The minimum absolute atomic E-state index is 0.260. The van der Waals surface area contributed by atoms with Gasteiger partial charge in [0.05, 0.1) is 13.2 Å². The van der Waals surface area contributed by atoms with Crippen LogP contribution in [0.2, 0.25) is 0 Å². The van der Waals surface area contributed by atoms with Crippen LogP contribution in [0.4, 0.5) is 0 Å². The fourth-order valence-corrected chi connectivity index (χ4v) is 6.54. The molecule has 0 saturated carbocycles. The fourth-order valence-electron chi connectivity index (χ4n) is 4.74. The molecule has 0 heterocycles. The van der Waals surface area contributed by atoms with E-state index in [1.807, 2.05) is 0 Å². The highest BCUT2D eigenvalue weighted by atomic mass is 79.9. The van der Waals surface area contributed by atoms with Crippen molar-refractivity contribution in [1.29, 1.82) is 0 Å². The summed E-state index contributed by atoms with van der Waals surface area (Å²) in [4.78, 5) is 22.7. The third kappa shape index (κ3) is 6.97. The van der Waals surface area contributed by atoms with Crippen LogP contribution in [0.15, 0.2) is 69.1 Å². The Morgan fingerprint density at radius 3 is 2.03 bits per heavy atom. The molecule has 0 saturated heterocycles. The predicted molar refractivity (Wildman–Crippen MR) is 152 cm³/mol. The van der Waals surface area contributed by atoms with Crippen molar-refractivity contribution in [3.05, 3.63) is 80.2 Å². The molecular weight excluding hydrogens is 656 g/mol. The Kier molecular flexibility index (Phi) is 11.0. The molecule has 0 radical (unpaired) electrons. The van der Waals surface area contributed by atoms with Crippen molar-refractivity contribution in [2.75, 3.05) is 26.4 Å². The normalized spacial score (nSPS) is 15.6. The highest BCUT2D eigenvalue weighted by Gasteiger charge is 2.43. The molecule has 0 aliphatic heterocycles. The number of halogens is 3. The first-order valence-corrected chi connectivity index (χ1v) is 14.2. The SMILES string of the molecule is C=CC(=O)OCCCOCCCC1(CCCOC(=O)C=C)c2cc(Br)ccc2-c2c(Br)cc(Br)cc21. The Morgan fingerprint density at radius 1 is 0.778 bits per heavy atom. The molecule has 2 aromatic carbocycles. The van der Waals surface area contributed by atoms with Crippen LogP contribution >= 0.6 is 47.8 Å². The molecule has 1 unspecified atom stereocenters. The molecule has 1 atom stereocenters. The molecule has 5 nitrogen and oxygen atoms in total. The van der Waals surface area contributed by atoms with Gasteiger partial charge in [-0.05, 0) is 66.6 Å². The number of ether oxygens (including phenoxy) is 3. The van der Waals surface area contributed by atoms with Crippen molar-refractivity contribution in [2.24, 2.45) is 0 Å². The van der Waals surface area contributed by atoms with Crippen LogP contribution in [0.1, 0.15) is 43.2 Å². The van der Waals surface area contributed by atoms with Crippen LogP contribution in [-0.4, -0.2) is 38.4 Å². The van der Waals surface area contributed by atoms with E-state index < -0.39 is 11.9 Å². The first-order valence-electron chi connectivity index (χ1n) is 11.8. The average molecular weight is 685 g/mol. The molecule has 36 heavy (non-hydrogen) atoms. The fraction of sp³-hybridized carbons (Fsp3) is 0.357. The molecule has 0 aromatic heterocycles. The topological polar surface area (TPSA) is 61.8 Å². The van der Waals surface area contributed by atoms with Gasteiger partial charge in [-0.15, -0.1) is 0 Å². The Bertz CT molecular complexity index is 1130. The Morgan fingerprint density at radius 2 is 1.36 bits per heavy atom. The van der Waals surface area contributed by atoms with Gasteiger partial charge in [-0.2, -0.15) is 0 Å². The van der Waals surface area contributed by atoms with Crippen LogP contribution in [0, 0.1) is 0 Å². The molecule has 1 aliphatic rings. The summed E-state index contributed by atoms with van der Waals surface area (Å²) >= 11 is 11.1. The van der Waals surface area contributed by atoms with Crippen molar-refractivity contribution in [1.82, 2.24) is 0 Å². The number of hydrogen-bond acceptors (Lipinski definition) is 5. The van der Waals surface area contributed by atoms with E-state index in [4.69, 9.17) is 14.2 Å². The van der Waals surface area contributed by atoms with E-state index >= 15 is 0 Å². The number of carbonyl (C=O) groups excluding carboxylic acids is 2. The molecule has 0 spiro atoms. The summed E-state index contributed by atoms with van der Waals surface area (Å²) in [6.07, 6.45) is 6.22. The van der Waals surface area contributed by atoms with Gasteiger partial charge in [0.25, 0.3) is 0 Å². The summed E-state index contributed by atoms with van der Waals surface area (Å²) in [5, 5.41) is 0. The van der Waals surface area contributed by atoms with E-state index in [-0.39, 0.29) is 5.41 Å². The lowest BCUT2D eigenvalue weighted by Gasteiger charge is -2.33. The van der Waals surface area contributed by atoms with Gasteiger partial charge in [0.15, 0.2) is 0 Å². The van der Waals surface area contributed by atoms with Gasteiger partial charge in [0.2, 0.25) is 0 Å². The minimum atomic E-state index is -0.419. The summed E-state index contributed by atoms with van der Waals surface area (Å²) < 4.78 is 19.2. The molecule has 1 aliphatic carbocycles. The first-order chi connectivity index (χ1) is 17.3. The summed E-state index contributed by atoms with van der Waals surface area (Å²) in [5.41, 5.74) is 4.67. The summed E-state index contributed by atoms with van der Waals surface area (Å²) in [5.74, 6) is -0.825. The van der Waals surface area contributed by atoms with Gasteiger partial charge in [-0.3, -0.25) is 0 Å². The van der Waals surface area contributed by atoms with Crippen molar-refractivity contribution in [2.45, 2.75) is 37.5 Å². The molecular formula is C28H29Br3O5. The maximum atomic E-state index is 11.6. The van der Waals surface area contributed by atoms with Gasteiger partial charge in [0.1, 0.15) is 0 Å². The molecule has 8 heteroatoms. The maximum Gasteiger partial charge on any atom is 0.330 e. The summed E-state index contributed by atoms with van der Waals surface area (Å²) in [6.45, 7) is 8.62. The lowest BCUT2D eigenvalue weighted by atomic mass is 9.71. The van der Waals surface area contributed by atoms with E-state index in [9.17, 15) is 9.59 Å². The quantitative estimate of drug-likeness (QED) is 0.116. The van der Waals surface area contributed by atoms with Crippen LogP contribution in [0.5, 0.6) is 0 Å². The number of carbonyl (C=O) groups is 2. The van der Waals surface area contributed by atoms with Crippen molar-refractivity contribution in [3.8, 4) is 11.1 Å². The highest BCUT2D eigenvalue weighted by molar-refractivity contribution is 9.11. The van der Waals surface area contributed by atoms with Gasteiger partial charge in [0, 0.05) is 56.2 Å². The molecule has 3 rings (SSSR count). The lowest BCUT2D eigenvalue weighted by Crippen LogP contribution is -2.27. The molecule has 0 fully saturated rings. The number of rotatable bonds is 14. The second kappa shape index (κ2) is 13.7. The largest absolute Gasteiger partial charge is 0.463 e. The van der Waals surface area contributed by atoms with Crippen molar-refractivity contribution in [3.63, 3.8) is 0 Å². The van der Waals surface area contributed by atoms with E-state index in [0.29, 0.717) is 39.3 Å². The Labute approximate surface area is 237 Å². The number of hydrogen-bond donors (Lipinski definition) is 0. The summed E-state index contributed by atoms with van der Waals surface area (Å²) in [7, 11) is 0. The number of fused-ring (bicyclic) bond motifs is 3. The van der Waals surface area contributed by atoms with Gasteiger partial charge in [-0.1, -0.05) is 67.0 Å².